The molecule has 5 nitrogen and oxygen atoms in total. The van der Waals surface area contributed by atoms with Crippen LogP contribution in [0.25, 0.3) is 5.76 Å². The molecule has 2 aromatic carbocycles. The molecule has 2 heterocycles. The summed E-state index contributed by atoms with van der Waals surface area (Å²) < 4.78 is 16.8. The van der Waals surface area contributed by atoms with E-state index >= 15 is 0 Å². The summed E-state index contributed by atoms with van der Waals surface area (Å²) in [4.78, 5) is 0. The predicted octanol–water partition coefficient (Wildman–Crippen LogP) is 4.00. The van der Waals surface area contributed by atoms with Crippen LogP contribution in [-0.2, 0) is 11.2 Å². The van der Waals surface area contributed by atoms with Gasteiger partial charge in [-0.1, -0.05) is 30.3 Å². The lowest BCUT2D eigenvalue weighted by molar-refractivity contribution is 0.174. The minimum Gasteiger partial charge on any atom is -0.454 e. The third kappa shape index (κ3) is 2.12. The molecule has 2 unspecified atom stereocenters. The Morgan fingerprint density at radius 1 is 1.04 bits per heavy atom. The Morgan fingerprint density at radius 3 is 2.77 bits per heavy atom. The van der Waals surface area contributed by atoms with Crippen LogP contribution in [0.4, 0.5) is 0 Å². The summed E-state index contributed by atoms with van der Waals surface area (Å²) in [6.07, 6.45) is 1.72. The van der Waals surface area contributed by atoms with Gasteiger partial charge in [-0.3, -0.25) is 5.41 Å². The molecule has 0 fully saturated rings. The van der Waals surface area contributed by atoms with Crippen LogP contribution in [0.15, 0.2) is 48.0 Å². The van der Waals surface area contributed by atoms with E-state index in [1.54, 1.807) is 0 Å². The quantitative estimate of drug-likeness (QED) is 0.848. The summed E-state index contributed by atoms with van der Waals surface area (Å²) in [5, 5.41) is 18.0. The Hall–Kier alpha value is -3.26. The number of ether oxygens (including phenoxy) is 3. The molecule has 0 bridgehead atoms. The van der Waals surface area contributed by atoms with Gasteiger partial charge in [0.05, 0.1) is 6.07 Å². The van der Waals surface area contributed by atoms with E-state index in [4.69, 9.17) is 19.6 Å². The Labute approximate surface area is 150 Å². The number of allylic oxidation sites excluding steroid dienone is 1. The molecule has 26 heavy (non-hydrogen) atoms. The van der Waals surface area contributed by atoms with E-state index in [9.17, 15) is 5.26 Å². The van der Waals surface area contributed by atoms with Crippen molar-refractivity contribution in [2.75, 3.05) is 6.79 Å². The van der Waals surface area contributed by atoms with Gasteiger partial charge >= 0.3 is 0 Å². The van der Waals surface area contributed by atoms with Crippen molar-refractivity contribution in [2.24, 2.45) is 5.92 Å². The van der Waals surface area contributed by atoms with E-state index in [-0.39, 0.29) is 18.6 Å². The highest BCUT2D eigenvalue weighted by Gasteiger charge is 2.41. The second kappa shape index (κ2) is 5.63. The van der Waals surface area contributed by atoms with E-state index in [2.05, 4.69) is 12.1 Å². The first kappa shape index (κ1) is 15.0. The standard InChI is InChI=1S/C21H16N2O3/c22-10-16-19(13-6-8-17-18(9-13)25-11-24-17)15-7-5-12-3-1-2-4-14(12)20(15)26-21(16)23/h1-4,6,8-9,16,19,23H,5,7,11H2. The van der Waals surface area contributed by atoms with Gasteiger partial charge in [0.2, 0.25) is 12.7 Å². The van der Waals surface area contributed by atoms with Gasteiger partial charge < -0.3 is 14.2 Å². The molecule has 5 rings (SSSR count). The largest absolute Gasteiger partial charge is 0.454 e. The lowest BCUT2D eigenvalue weighted by atomic mass is 9.73. The molecule has 3 aliphatic rings. The lowest BCUT2D eigenvalue weighted by Crippen LogP contribution is -2.31. The molecule has 1 N–H and O–H groups in total. The van der Waals surface area contributed by atoms with Crippen molar-refractivity contribution in [3.8, 4) is 17.6 Å². The van der Waals surface area contributed by atoms with Crippen molar-refractivity contribution >= 4 is 11.7 Å². The third-order valence-corrected chi connectivity index (χ3v) is 5.32. The van der Waals surface area contributed by atoms with E-state index in [0.29, 0.717) is 11.5 Å². The van der Waals surface area contributed by atoms with Gasteiger partial charge in [0.25, 0.3) is 0 Å². The van der Waals surface area contributed by atoms with Crippen molar-refractivity contribution in [1.82, 2.24) is 0 Å². The first-order valence-electron chi connectivity index (χ1n) is 8.63. The second-order valence-corrected chi connectivity index (χ2v) is 6.67. The van der Waals surface area contributed by atoms with E-state index < -0.39 is 5.92 Å². The molecule has 0 saturated carbocycles. The van der Waals surface area contributed by atoms with Crippen LogP contribution in [-0.4, -0.2) is 12.7 Å². The molecule has 0 spiro atoms. The van der Waals surface area contributed by atoms with Crippen molar-refractivity contribution in [3.05, 3.63) is 64.7 Å². The zero-order valence-corrected chi connectivity index (χ0v) is 14.0. The fourth-order valence-corrected chi connectivity index (χ4v) is 4.09. The lowest BCUT2D eigenvalue weighted by Gasteiger charge is -2.36. The molecule has 0 radical (unpaired) electrons. The van der Waals surface area contributed by atoms with Gasteiger partial charge in [0.15, 0.2) is 11.5 Å². The van der Waals surface area contributed by atoms with Gasteiger partial charge in [-0.05, 0) is 41.7 Å². The molecule has 2 aromatic rings. The first-order chi connectivity index (χ1) is 12.8. The Balaban J connectivity index is 1.69. The summed E-state index contributed by atoms with van der Waals surface area (Å²) in [7, 11) is 0. The predicted molar refractivity (Wildman–Crippen MR) is 94.9 cm³/mol. The average Bonchev–Trinajstić information content (AvgIpc) is 3.14. The summed E-state index contributed by atoms with van der Waals surface area (Å²) in [6.45, 7) is 0.214. The van der Waals surface area contributed by atoms with Gasteiger partial charge in [-0.25, -0.2) is 0 Å². The third-order valence-electron chi connectivity index (χ3n) is 5.32. The first-order valence-corrected chi connectivity index (χ1v) is 8.63. The molecule has 128 valence electrons. The Kier molecular flexibility index (Phi) is 3.26. The zero-order chi connectivity index (χ0) is 17.7. The maximum Gasteiger partial charge on any atom is 0.231 e. The number of aryl methyl sites for hydroxylation is 1. The molecule has 0 amide bonds. The molecule has 0 saturated heterocycles. The molecule has 0 aromatic heterocycles. The van der Waals surface area contributed by atoms with E-state index in [1.807, 2.05) is 36.4 Å². The number of nitriles is 1. The minimum absolute atomic E-state index is 0.00520. The summed E-state index contributed by atoms with van der Waals surface area (Å²) in [6, 6.07) is 16.2. The highest BCUT2D eigenvalue weighted by Crippen LogP contribution is 2.48. The normalized spacial score (nSPS) is 23.0. The maximum atomic E-state index is 9.72. The molecule has 5 heteroatoms. The van der Waals surface area contributed by atoms with Crippen LogP contribution in [0.5, 0.6) is 11.5 Å². The van der Waals surface area contributed by atoms with Crippen LogP contribution in [0, 0.1) is 22.7 Å². The molecule has 2 aliphatic heterocycles. The van der Waals surface area contributed by atoms with E-state index in [1.165, 1.54) is 5.56 Å². The van der Waals surface area contributed by atoms with Crippen LogP contribution >= 0.6 is 0 Å². The van der Waals surface area contributed by atoms with Gasteiger partial charge in [-0.2, -0.15) is 5.26 Å². The summed E-state index contributed by atoms with van der Waals surface area (Å²) >= 11 is 0. The van der Waals surface area contributed by atoms with Gasteiger partial charge in [0, 0.05) is 11.5 Å². The second-order valence-electron chi connectivity index (χ2n) is 6.67. The van der Waals surface area contributed by atoms with Crippen molar-refractivity contribution in [2.45, 2.75) is 18.8 Å². The van der Waals surface area contributed by atoms with E-state index in [0.717, 1.165) is 35.3 Å². The summed E-state index contributed by atoms with van der Waals surface area (Å²) in [5.41, 5.74) is 4.30. The number of fused-ring (bicyclic) bond motifs is 3. The molecule has 2 atom stereocenters. The smallest absolute Gasteiger partial charge is 0.231 e. The minimum atomic E-state index is -0.639. The number of benzene rings is 2. The topological polar surface area (TPSA) is 75.3 Å². The molecule has 1 aliphatic carbocycles. The van der Waals surface area contributed by atoms with Gasteiger partial charge in [-0.15, -0.1) is 0 Å². The van der Waals surface area contributed by atoms with Crippen molar-refractivity contribution in [3.63, 3.8) is 0 Å². The zero-order valence-electron chi connectivity index (χ0n) is 14.0. The number of nitrogens with one attached hydrogen (secondary N) is 1. The number of nitrogens with zero attached hydrogens (tertiary/aromatic N) is 1. The Morgan fingerprint density at radius 2 is 1.88 bits per heavy atom. The van der Waals surface area contributed by atoms with Crippen LogP contribution in [0.1, 0.15) is 29.0 Å². The summed E-state index contributed by atoms with van der Waals surface area (Å²) in [5.74, 6) is 1.30. The number of hydrogen-bond acceptors (Lipinski definition) is 5. The van der Waals surface area contributed by atoms with Crippen molar-refractivity contribution < 1.29 is 14.2 Å². The monoisotopic (exact) mass is 344 g/mol. The molecular formula is C21H16N2O3. The highest BCUT2D eigenvalue weighted by atomic mass is 16.7. The fourth-order valence-electron chi connectivity index (χ4n) is 4.09. The average molecular weight is 344 g/mol. The van der Waals surface area contributed by atoms with Crippen LogP contribution in [0.2, 0.25) is 0 Å². The number of hydrogen-bond donors (Lipinski definition) is 1. The fraction of sp³-hybridized carbons (Fsp3) is 0.238. The molecular weight excluding hydrogens is 328 g/mol. The highest BCUT2D eigenvalue weighted by molar-refractivity contribution is 5.90. The van der Waals surface area contributed by atoms with Crippen molar-refractivity contribution in [1.29, 1.82) is 10.7 Å². The Bertz CT molecular complexity index is 1000. The number of rotatable bonds is 1. The SMILES string of the molecule is N#CC1C(=N)OC2=C(CCc3ccccc32)C1c1ccc2c(c1)OCO2. The van der Waals surface area contributed by atoms with Crippen LogP contribution in [0.3, 0.4) is 0 Å². The maximum absolute atomic E-state index is 9.72. The van der Waals surface area contributed by atoms with Crippen LogP contribution < -0.4 is 9.47 Å². The van der Waals surface area contributed by atoms with Gasteiger partial charge in [0.1, 0.15) is 11.7 Å².